The standard InChI is InChI=1S/C17H25N3O2/c1-3-14(15-8-4-7-13(2)18-15)19-16(21)9-5-11-20-12-6-10-17(20)22/h4,7-8,14H,3,5-6,9-12H2,1-2H3,(H,19,21). The molecule has 5 nitrogen and oxygen atoms in total. The van der Waals surface area contributed by atoms with Crippen LogP contribution in [0.25, 0.3) is 0 Å². The predicted octanol–water partition coefficient (Wildman–Crippen LogP) is 2.36. The molecular formula is C17H25N3O2. The number of nitrogens with zero attached hydrogens (tertiary/aromatic N) is 2. The largest absolute Gasteiger partial charge is 0.348 e. The number of carbonyl (C=O) groups is 2. The molecule has 1 aliphatic heterocycles. The maximum Gasteiger partial charge on any atom is 0.222 e. The molecule has 2 amide bonds. The summed E-state index contributed by atoms with van der Waals surface area (Å²) < 4.78 is 0. The maximum atomic E-state index is 12.1. The molecule has 0 aliphatic carbocycles. The van der Waals surface area contributed by atoms with Gasteiger partial charge in [0.05, 0.1) is 11.7 Å². The Morgan fingerprint density at radius 1 is 1.45 bits per heavy atom. The first-order valence-electron chi connectivity index (χ1n) is 8.11. The lowest BCUT2D eigenvalue weighted by atomic mass is 10.1. The lowest BCUT2D eigenvalue weighted by molar-refractivity contribution is -0.128. The Bertz CT molecular complexity index is 530. The molecule has 1 unspecified atom stereocenters. The van der Waals surface area contributed by atoms with Crippen LogP contribution in [0.2, 0.25) is 0 Å². The number of nitrogens with one attached hydrogen (secondary N) is 1. The Kier molecular flexibility index (Phi) is 5.92. The molecule has 1 saturated heterocycles. The van der Waals surface area contributed by atoms with Crippen molar-refractivity contribution in [2.75, 3.05) is 13.1 Å². The van der Waals surface area contributed by atoms with Gasteiger partial charge in [0.25, 0.3) is 0 Å². The van der Waals surface area contributed by atoms with E-state index in [1.165, 1.54) is 0 Å². The number of hydrogen-bond acceptors (Lipinski definition) is 3. The Balaban J connectivity index is 1.78. The van der Waals surface area contributed by atoms with E-state index in [2.05, 4.69) is 10.3 Å². The minimum absolute atomic E-state index is 0.0294. The predicted molar refractivity (Wildman–Crippen MR) is 85.2 cm³/mol. The second kappa shape index (κ2) is 7.92. The Morgan fingerprint density at radius 3 is 2.91 bits per heavy atom. The Labute approximate surface area is 132 Å². The van der Waals surface area contributed by atoms with E-state index in [0.717, 1.165) is 37.2 Å². The summed E-state index contributed by atoms with van der Waals surface area (Å²) >= 11 is 0. The van der Waals surface area contributed by atoms with E-state index >= 15 is 0 Å². The molecule has 1 fully saturated rings. The number of hydrogen-bond donors (Lipinski definition) is 1. The molecule has 0 spiro atoms. The summed E-state index contributed by atoms with van der Waals surface area (Å²) in [7, 11) is 0. The van der Waals surface area contributed by atoms with Gasteiger partial charge in [-0.15, -0.1) is 0 Å². The van der Waals surface area contributed by atoms with Gasteiger partial charge in [0, 0.05) is 31.6 Å². The van der Waals surface area contributed by atoms with Gasteiger partial charge in [-0.05, 0) is 38.3 Å². The number of likely N-dealkylation sites (tertiary alicyclic amines) is 1. The van der Waals surface area contributed by atoms with Crippen molar-refractivity contribution in [2.45, 2.75) is 52.0 Å². The van der Waals surface area contributed by atoms with Gasteiger partial charge in [0.2, 0.25) is 11.8 Å². The second-order valence-corrected chi connectivity index (χ2v) is 5.82. The van der Waals surface area contributed by atoms with Gasteiger partial charge in [-0.3, -0.25) is 14.6 Å². The molecule has 1 aromatic heterocycles. The van der Waals surface area contributed by atoms with Gasteiger partial charge in [0.1, 0.15) is 0 Å². The van der Waals surface area contributed by atoms with Gasteiger partial charge < -0.3 is 10.2 Å². The highest BCUT2D eigenvalue weighted by atomic mass is 16.2. The fraction of sp³-hybridized carbons (Fsp3) is 0.588. The second-order valence-electron chi connectivity index (χ2n) is 5.82. The molecule has 120 valence electrons. The highest BCUT2D eigenvalue weighted by Crippen LogP contribution is 2.15. The summed E-state index contributed by atoms with van der Waals surface area (Å²) in [6, 6.07) is 5.82. The number of aryl methyl sites for hydroxylation is 1. The van der Waals surface area contributed by atoms with E-state index < -0.39 is 0 Å². The van der Waals surface area contributed by atoms with Gasteiger partial charge in [-0.25, -0.2) is 0 Å². The third-order valence-corrected chi connectivity index (χ3v) is 4.01. The Morgan fingerprint density at radius 2 is 2.27 bits per heavy atom. The van der Waals surface area contributed by atoms with Crippen molar-refractivity contribution < 1.29 is 9.59 Å². The first-order valence-corrected chi connectivity index (χ1v) is 8.11. The monoisotopic (exact) mass is 303 g/mol. The molecule has 1 aromatic rings. The maximum absolute atomic E-state index is 12.1. The van der Waals surface area contributed by atoms with Crippen molar-refractivity contribution in [1.82, 2.24) is 15.2 Å². The topological polar surface area (TPSA) is 62.3 Å². The highest BCUT2D eigenvalue weighted by molar-refractivity contribution is 5.78. The normalized spacial score (nSPS) is 15.9. The third-order valence-electron chi connectivity index (χ3n) is 4.01. The van der Waals surface area contributed by atoms with Crippen LogP contribution in [0.1, 0.15) is 56.5 Å². The number of aromatic nitrogens is 1. The average molecular weight is 303 g/mol. The lowest BCUT2D eigenvalue weighted by Gasteiger charge is -2.18. The first-order chi connectivity index (χ1) is 10.6. The van der Waals surface area contributed by atoms with Gasteiger partial charge >= 0.3 is 0 Å². The van der Waals surface area contributed by atoms with E-state index in [-0.39, 0.29) is 17.9 Å². The van der Waals surface area contributed by atoms with E-state index in [4.69, 9.17) is 0 Å². The van der Waals surface area contributed by atoms with Crippen LogP contribution >= 0.6 is 0 Å². The van der Waals surface area contributed by atoms with Gasteiger partial charge in [-0.2, -0.15) is 0 Å². The molecular weight excluding hydrogens is 278 g/mol. The zero-order chi connectivity index (χ0) is 15.9. The van der Waals surface area contributed by atoms with E-state index in [1.54, 1.807) is 0 Å². The third kappa shape index (κ3) is 4.55. The minimum atomic E-state index is -0.0409. The summed E-state index contributed by atoms with van der Waals surface area (Å²) in [6.45, 7) is 5.51. The average Bonchev–Trinajstić information content (AvgIpc) is 2.90. The highest BCUT2D eigenvalue weighted by Gasteiger charge is 2.20. The summed E-state index contributed by atoms with van der Waals surface area (Å²) in [4.78, 5) is 29.9. The van der Waals surface area contributed by atoms with Crippen LogP contribution < -0.4 is 5.32 Å². The molecule has 1 aliphatic rings. The SMILES string of the molecule is CCC(NC(=O)CCCN1CCCC1=O)c1cccc(C)n1. The summed E-state index contributed by atoms with van der Waals surface area (Å²) in [6.07, 6.45) is 3.58. The van der Waals surface area contributed by atoms with Crippen LogP contribution in [-0.2, 0) is 9.59 Å². The van der Waals surface area contributed by atoms with Crippen molar-refractivity contribution in [3.8, 4) is 0 Å². The fourth-order valence-corrected chi connectivity index (χ4v) is 2.78. The smallest absolute Gasteiger partial charge is 0.222 e. The van der Waals surface area contributed by atoms with Crippen molar-refractivity contribution in [3.63, 3.8) is 0 Å². The first kappa shape index (κ1) is 16.5. The number of pyridine rings is 1. The van der Waals surface area contributed by atoms with Crippen LogP contribution in [0.15, 0.2) is 18.2 Å². The molecule has 0 radical (unpaired) electrons. The van der Waals surface area contributed by atoms with Gasteiger partial charge in [-0.1, -0.05) is 13.0 Å². The van der Waals surface area contributed by atoms with Crippen LogP contribution in [0, 0.1) is 6.92 Å². The quantitative estimate of drug-likeness (QED) is 0.841. The molecule has 0 bridgehead atoms. The minimum Gasteiger partial charge on any atom is -0.348 e. The lowest BCUT2D eigenvalue weighted by Crippen LogP contribution is -2.30. The van der Waals surface area contributed by atoms with E-state index in [1.807, 2.05) is 36.9 Å². The molecule has 2 heterocycles. The number of carbonyl (C=O) groups excluding carboxylic acids is 2. The summed E-state index contributed by atoms with van der Waals surface area (Å²) in [5, 5.41) is 3.04. The van der Waals surface area contributed by atoms with Crippen molar-refractivity contribution in [3.05, 3.63) is 29.6 Å². The zero-order valence-electron chi connectivity index (χ0n) is 13.5. The Hall–Kier alpha value is -1.91. The van der Waals surface area contributed by atoms with Crippen molar-refractivity contribution >= 4 is 11.8 Å². The van der Waals surface area contributed by atoms with Crippen molar-refractivity contribution in [1.29, 1.82) is 0 Å². The molecule has 5 heteroatoms. The number of amides is 2. The summed E-state index contributed by atoms with van der Waals surface area (Å²) in [5.74, 6) is 0.248. The molecule has 2 rings (SSSR count). The van der Waals surface area contributed by atoms with Crippen molar-refractivity contribution in [2.24, 2.45) is 0 Å². The van der Waals surface area contributed by atoms with E-state index in [9.17, 15) is 9.59 Å². The van der Waals surface area contributed by atoms with Crippen LogP contribution in [0.5, 0.6) is 0 Å². The van der Waals surface area contributed by atoms with Gasteiger partial charge in [0.15, 0.2) is 0 Å². The molecule has 1 atom stereocenters. The molecule has 1 N–H and O–H groups in total. The van der Waals surface area contributed by atoms with Crippen LogP contribution in [0.4, 0.5) is 0 Å². The number of rotatable bonds is 7. The fourth-order valence-electron chi connectivity index (χ4n) is 2.78. The van der Waals surface area contributed by atoms with E-state index in [0.29, 0.717) is 19.4 Å². The van der Waals surface area contributed by atoms with Crippen LogP contribution in [0.3, 0.4) is 0 Å². The molecule has 0 aromatic carbocycles. The molecule has 22 heavy (non-hydrogen) atoms. The summed E-state index contributed by atoms with van der Waals surface area (Å²) in [5.41, 5.74) is 1.86. The zero-order valence-corrected chi connectivity index (χ0v) is 13.5. The van der Waals surface area contributed by atoms with Crippen LogP contribution in [-0.4, -0.2) is 34.8 Å². The molecule has 0 saturated carbocycles.